The van der Waals surface area contributed by atoms with Crippen molar-refractivity contribution in [2.45, 2.75) is 45.6 Å². The summed E-state index contributed by atoms with van der Waals surface area (Å²) in [5, 5.41) is 9.32. The van der Waals surface area contributed by atoms with Crippen LogP contribution in [0.4, 0.5) is 0 Å². The van der Waals surface area contributed by atoms with Crippen LogP contribution in [0.5, 0.6) is 0 Å². The van der Waals surface area contributed by atoms with Crippen molar-refractivity contribution in [3.8, 4) is 0 Å². The highest BCUT2D eigenvalue weighted by molar-refractivity contribution is 5.80. The molecule has 3 nitrogen and oxygen atoms in total. The van der Waals surface area contributed by atoms with Crippen molar-refractivity contribution in [2.24, 2.45) is 17.1 Å². The zero-order valence-electron chi connectivity index (χ0n) is 8.42. The molecule has 3 heteroatoms. The normalized spacial score (nSPS) is 30.1. The molecule has 0 spiro atoms. The zero-order valence-corrected chi connectivity index (χ0v) is 8.42. The van der Waals surface area contributed by atoms with Crippen molar-refractivity contribution in [1.82, 2.24) is 0 Å². The van der Waals surface area contributed by atoms with Crippen molar-refractivity contribution < 1.29 is 9.90 Å². The van der Waals surface area contributed by atoms with E-state index in [0.717, 1.165) is 25.7 Å². The smallest absolute Gasteiger partial charge is 0.223 e. The van der Waals surface area contributed by atoms with Crippen LogP contribution in [0.15, 0.2) is 0 Å². The maximum atomic E-state index is 11.2. The minimum atomic E-state index is -0.417. The Balaban J connectivity index is 2.58. The standard InChI is InChI=1S/C10H19NO2/c1-10(2,9(11)13)7-3-5-8(12)6-4-7/h7-8,12H,3-6H2,1-2H3,(H2,11,13)/t7-,8-. The lowest BCUT2D eigenvalue weighted by Gasteiger charge is -2.35. The Bertz CT molecular complexity index is 193. The van der Waals surface area contributed by atoms with E-state index in [2.05, 4.69) is 0 Å². The molecule has 1 aliphatic carbocycles. The van der Waals surface area contributed by atoms with Crippen LogP contribution in [0.2, 0.25) is 0 Å². The van der Waals surface area contributed by atoms with Crippen molar-refractivity contribution >= 4 is 5.91 Å². The Morgan fingerprint density at radius 1 is 1.31 bits per heavy atom. The first-order valence-corrected chi connectivity index (χ1v) is 4.92. The summed E-state index contributed by atoms with van der Waals surface area (Å²) in [5.41, 5.74) is 4.92. The van der Waals surface area contributed by atoms with Gasteiger partial charge in [0.2, 0.25) is 5.91 Å². The van der Waals surface area contributed by atoms with Gasteiger partial charge in [0.25, 0.3) is 0 Å². The van der Waals surface area contributed by atoms with Crippen LogP contribution in [0.1, 0.15) is 39.5 Å². The van der Waals surface area contributed by atoms with E-state index in [1.54, 1.807) is 0 Å². The highest BCUT2D eigenvalue weighted by Crippen LogP contribution is 2.37. The van der Waals surface area contributed by atoms with Crippen molar-refractivity contribution in [1.29, 1.82) is 0 Å². The number of amides is 1. The van der Waals surface area contributed by atoms with Gasteiger partial charge in [-0.15, -0.1) is 0 Å². The van der Waals surface area contributed by atoms with E-state index in [-0.39, 0.29) is 12.0 Å². The maximum Gasteiger partial charge on any atom is 0.223 e. The largest absolute Gasteiger partial charge is 0.393 e. The number of nitrogens with two attached hydrogens (primary N) is 1. The van der Waals surface area contributed by atoms with Crippen molar-refractivity contribution in [3.05, 3.63) is 0 Å². The van der Waals surface area contributed by atoms with Gasteiger partial charge >= 0.3 is 0 Å². The third kappa shape index (κ3) is 2.21. The van der Waals surface area contributed by atoms with Gasteiger partial charge in [-0.1, -0.05) is 13.8 Å². The number of carbonyl (C=O) groups excluding carboxylic acids is 1. The number of hydrogen-bond donors (Lipinski definition) is 2. The van der Waals surface area contributed by atoms with Crippen LogP contribution in [0.25, 0.3) is 0 Å². The average molecular weight is 185 g/mol. The van der Waals surface area contributed by atoms with E-state index < -0.39 is 5.41 Å². The summed E-state index contributed by atoms with van der Waals surface area (Å²) in [7, 11) is 0. The average Bonchev–Trinajstić information content (AvgIpc) is 2.04. The van der Waals surface area contributed by atoms with Crippen LogP contribution in [0, 0.1) is 11.3 Å². The zero-order chi connectivity index (χ0) is 10.1. The molecular weight excluding hydrogens is 166 g/mol. The number of aliphatic hydroxyl groups excluding tert-OH is 1. The quantitative estimate of drug-likeness (QED) is 0.675. The van der Waals surface area contributed by atoms with Gasteiger partial charge in [-0.25, -0.2) is 0 Å². The minimum Gasteiger partial charge on any atom is -0.393 e. The Morgan fingerprint density at radius 2 is 1.77 bits per heavy atom. The van der Waals surface area contributed by atoms with Gasteiger partial charge in [-0.2, -0.15) is 0 Å². The molecule has 0 heterocycles. The second-order valence-electron chi connectivity index (χ2n) is 4.59. The molecule has 0 aromatic heterocycles. The first-order valence-electron chi connectivity index (χ1n) is 4.92. The van der Waals surface area contributed by atoms with E-state index in [1.807, 2.05) is 13.8 Å². The molecule has 0 unspecified atom stereocenters. The Kier molecular flexibility index (Phi) is 2.96. The summed E-state index contributed by atoms with van der Waals surface area (Å²) in [6, 6.07) is 0. The fourth-order valence-corrected chi connectivity index (χ4v) is 2.00. The molecule has 1 fully saturated rings. The van der Waals surface area contributed by atoms with Crippen LogP contribution in [0.3, 0.4) is 0 Å². The monoisotopic (exact) mass is 185 g/mol. The Hall–Kier alpha value is -0.570. The van der Waals surface area contributed by atoms with Crippen molar-refractivity contribution in [3.63, 3.8) is 0 Å². The Morgan fingerprint density at radius 3 is 2.15 bits per heavy atom. The molecule has 0 bridgehead atoms. The summed E-state index contributed by atoms with van der Waals surface area (Å²) in [6.45, 7) is 3.80. The number of hydrogen-bond acceptors (Lipinski definition) is 2. The number of primary amides is 1. The van der Waals surface area contributed by atoms with E-state index in [9.17, 15) is 9.90 Å². The second-order valence-corrected chi connectivity index (χ2v) is 4.59. The number of aliphatic hydroxyl groups is 1. The molecule has 1 saturated carbocycles. The van der Waals surface area contributed by atoms with Gasteiger partial charge in [-0.05, 0) is 31.6 Å². The van der Waals surface area contributed by atoms with Gasteiger partial charge < -0.3 is 10.8 Å². The van der Waals surface area contributed by atoms with E-state index >= 15 is 0 Å². The summed E-state index contributed by atoms with van der Waals surface area (Å²) < 4.78 is 0. The highest BCUT2D eigenvalue weighted by atomic mass is 16.3. The summed E-state index contributed by atoms with van der Waals surface area (Å²) in [4.78, 5) is 11.2. The molecule has 1 aliphatic rings. The number of carbonyl (C=O) groups is 1. The van der Waals surface area contributed by atoms with Gasteiger partial charge in [0.15, 0.2) is 0 Å². The minimum absolute atomic E-state index is 0.167. The van der Waals surface area contributed by atoms with E-state index in [1.165, 1.54) is 0 Å². The first-order chi connectivity index (χ1) is 5.94. The Labute approximate surface area is 79.3 Å². The predicted molar refractivity (Wildman–Crippen MR) is 50.9 cm³/mol. The molecule has 0 atom stereocenters. The topological polar surface area (TPSA) is 63.3 Å². The van der Waals surface area contributed by atoms with Gasteiger partial charge in [-0.3, -0.25) is 4.79 Å². The second kappa shape index (κ2) is 3.66. The lowest BCUT2D eigenvalue weighted by molar-refractivity contribution is -0.129. The highest BCUT2D eigenvalue weighted by Gasteiger charge is 2.36. The lowest BCUT2D eigenvalue weighted by atomic mass is 9.70. The van der Waals surface area contributed by atoms with Gasteiger partial charge in [0.05, 0.1) is 6.10 Å². The van der Waals surface area contributed by atoms with E-state index in [4.69, 9.17) is 5.73 Å². The van der Waals surface area contributed by atoms with Crippen LogP contribution < -0.4 is 5.73 Å². The molecule has 0 radical (unpaired) electrons. The fourth-order valence-electron chi connectivity index (χ4n) is 2.00. The molecule has 1 rings (SSSR count). The van der Waals surface area contributed by atoms with Crippen molar-refractivity contribution in [2.75, 3.05) is 0 Å². The summed E-state index contributed by atoms with van der Waals surface area (Å²) in [5.74, 6) is 0.113. The van der Waals surface area contributed by atoms with Crippen LogP contribution in [-0.4, -0.2) is 17.1 Å². The maximum absolute atomic E-state index is 11.2. The lowest BCUT2D eigenvalue weighted by Crippen LogP contribution is -2.40. The molecule has 0 aromatic rings. The molecule has 76 valence electrons. The van der Waals surface area contributed by atoms with Crippen LogP contribution >= 0.6 is 0 Å². The fraction of sp³-hybridized carbons (Fsp3) is 0.900. The molecule has 0 saturated heterocycles. The molecule has 1 amide bonds. The van der Waals surface area contributed by atoms with Gasteiger partial charge in [0.1, 0.15) is 0 Å². The van der Waals surface area contributed by atoms with Gasteiger partial charge in [0, 0.05) is 5.41 Å². The number of rotatable bonds is 2. The molecule has 3 N–H and O–H groups in total. The summed E-state index contributed by atoms with van der Waals surface area (Å²) in [6.07, 6.45) is 3.27. The summed E-state index contributed by atoms with van der Waals surface area (Å²) >= 11 is 0. The molecular formula is C10H19NO2. The van der Waals surface area contributed by atoms with Crippen LogP contribution in [-0.2, 0) is 4.79 Å². The first kappa shape index (κ1) is 10.5. The van der Waals surface area contributed by atoms with E-state index in [0.29, 0.717) is 5.92 Å². The molecule has 0 aliphatic heterocycles. The predicted octanol–water partition coefficient (Wildman–Crippen LogP) is 1.05. The third-order valence-corrected chi connectivity index (χ3v) is 3.35. The molecule has 0 aromatic carbocycles. The SMILES string of the molecule is CC(C)(C(N)=O)[C@H]1CC[C@H](O)CC1. The molecule has 13 heavy (non-hydrogen) atoms. The third-order valence-electron chi connectivity index (χ3n) is 3.35.